The van der Waals surface area contributed by atoms with Crippen LogP contribution in [0, 0.1) is 0 Å². The molecule has 0 saturated heterocycles. The third kappa shape index (κ3) is 5.55. The standard InChI is InChI=1S/C23H23N5OS2/c1-29-14-18(12-16-8-4-2-5-9-16)26-23(30)28-27-22-21-19(24-15-25-22)13-20(31-21)17-10-6-3-7-11-17/h2-11,13,15,18H,12,14H2,1H3,(H,24,25,27)(H2,26,28,30)/t18-/m0/s1. The number of nitrogens with zero attached hydrogens (tertiary/aromatic N) is 2. The first-order valence-corrected chi connectivity index (χ1v) is 11.1. The van der Waals surface area contributed by atoms with Crippen molar-refractivity contribution in [2.24, 2.45) is 0 Å². The average Bonchev–Trinajstić information content (AvgIpc) is 3.24. The smallest absolute Gasteiger partial charge is 0.185 e. The highest BCUT2D eigenvalue weighted by Crippen LogP contribution is 2.35. The van der Waals surface area contributed by atoms with Crippen molar-refractivity contribution < 1.29 is 4.74 Å². The van der Waals surface area contributed by atoms with E-state index in [9.17, 15) is 0 Å². The topological polar surface area (TPSA) is 71.1 Å². The van der Waals surface area contributed by atoms with E-state index in [0.717, 1.165) is 27.1 Å². The van der Waals surface area contributed by atoms with Gasteiger partial charge in [0, 0.05) is 12.0 Å². The summed E-state index contributed by atoms with van der Waals surface area (Å²) in [7, 11) is 1.69. The van der Waals surface area contributed by atoms with E-state index in [1.165, 1.54) is 5.56 Å². The molecule has 2 aromatic heterocycles. The third-order valence-electron chi connectivity index (χ3n) is 4.69. The summed E-state index contributed by atoms with van der Waals surface area (Å²) in [5.74, 6) is 0.688. The second-order valence-electron chi connectivity index (χ2n) is 6.98. The second kappa shape index (κ2) is 10.3. The molecule has 0 amide bonds. The van der Waals surface area contributed by atoms with Crippen molar-refractivity contribution in [3.05, 3.63) is 78.6 Å². The van der Waals surface area contributed by atoms with Crippen molar-refractivity contribution in [1.82, 2.24) is 20.7 Å². The lowest BCUT2D eigenvalue weighted by Crippen LogP contribution is -2.46. The van der Waals surface area contributed by atoms with Crippen molar-refractivity contribution >= 4 is 44.7 Å². The van der Waals surface area contributed by atoms with Crippen LogP contribution in [-0.2, 0) is 11.2 Å². The highest BCUT2D eigenvalue weighted by molar-refractivity contribution is 7.80. The molecule has 3 N–H and O–H groups in total. The van der Waals surface area contributed by atoms with E-state index < -0.39 is 0 Å². The maximum Gasteiger partial charge on any atom is 0.185 e. The van der Waals surface area contributed by atoms with Crippen molar-refractivity contribution in [2.45, 2.75) is 12.5 Å². The van der Waals surface area contributed by atoms with E-state index in [4.69, 9.17) is 17.0 Å². The van der Waals surface area contributed by atoms with Gasteiger partial charge >= 0.3 is 0 Å². The SMILES string of the molecule is COC[C@H](Cc1ccccc1)NC(=S)NNc1ncnc2cc(-c3ccccc3)sc12. The molecule has 2 heterocycles. The molecule has 0 saturated carbocycles. The molecule has 31 heavy (non-hydrogen) atoms. The minimum atomic E-state index is 0.0473. The van der Waals surface area contributed by atoms with Gasteiger partial charge in [0.25, 0.3) is 0 Å². The lowest BCUT2D eigenvalue weighted by atomic mass is 10.1. The van der Waals surface area contributed by atoms with Gasteiger partial charge in [0.15, 0.2) is 10.9 Å². The molecule has 4 rings (SSSR count). The monoisotopic (exact) mass is 449 g/mol. The van der Waals surface area contributed by atoms with Crippen LogP contribution in [-0.4, -0.2) is 34.8 Å². The number of rotatable bonds is 8. The molecule has 158 valence electrons. The molecule has 0 fully saturated rings. The summed E-state index contributed by atoms with van der Waals surface area (Å²) in [6, 6.07) is 22.6. The fourth-order valence-corrected chi connectivity index (χ4v) is 4.56. The molecule has 0 aliphatic carbocycles. The van der Waals surface area contributed by atoms with Gasteiger partial charge in [-0.3, -0.25) is 10.9 Å². The first-order valence-electron chi connectivity index (χ1n) is 9.88. The van der Waals surface area contributed by atoms with Gasteiger partial charge in [0.2, 0.25) is 0 Å². The Balaban J connectivity index is 1.42. The molecule has 2 aromatic carbocycles. The molecule has 0 bridgehead atoms. The van der Waals surface area contributed by atoms with Crippen LogP contribution in [0.2, 0.25) is 0 Å². The van der Waals surface area contributed by atoms with E-state index >= 15 is 0 Å². The number of methoxy groups -OCH3 is 1. The number of fused-ring (bicyclic) bond motifs is 1. The quantitative estimate of drug-likeness (QED) is 0.272. The van der Waals surface area contributed by atoms with Crippen LogP contribution in [0.1, 0.15) is 5.56 Å². The Kier molecular flexibility index (Phi) is 7.03. The Morgan fingerprint density at radius 1 is 1.06 bits per heavy atom. The van der Waals surface area contributed by atoms with Crippen molar-refractivity contribution in [2.75, 3.05) is 19.1 Å². The van der Waals surface area contributed by atoms with Gasteiger partial charge in [-0.2, -0.15) is 0 Å². The Morgan fingerprint density at radius 2 is 1.81 bits per heavy atom. The van der Waals surface area contributed by atoms with Crippen molar-refractivity contribution in [1.29, 1.82) is 0 Å². The minimum Gasteiger partial charge on any atom is -0.383 e. The molecular formula is C23H23N5OS2. The Morgan fingerprint density at radius 3 is 2.55 bits per heavy atom. The van der Waals surface area contributed by atoms with Gasteiger partial charge in [0.1, 0.15) is 6.33 Å². The highest BCUT2D eigenvalue weighted by Gasteiger charge is 2.13. The third-order valence-corrected chi connectivity index (χ3v) is 6.09. The largest absolute Gasteiger partial charge is 0.383 e. The van der Waals surface area contributed by atoms with Gasteiger partial charge in [-0.25, -0.2) is 9.97 Å². The van der Waals surface area contributed by atoms with Crippen LogP contribution in [0.15, 0.2) is 73.1 Å². The summed E-state index contributed by atoms with van der Waals surface area (Å²) < 4.78 is 6.32. The first kappa shape index (κ1) is 21.2. The van der Waals surface area contributed by atoms with Crippen LogP contribution in [0.4, 0.5) is 5.82 Å². The normalized spacial score (nSPS) is 11.8. The molecule has 0 aliphatic rings. The van der Waals surface area contributed by atoms with E-state index in [0.29, 0.717) is 17.5 Å². The number of hydrazine groups is 1. The van der Waals surface area contributed by atoms with Crippen LogP contribution in [0.25, 0.3) is 20.7 Å². The number of thiophene rings is 1. The predicted molar refractivity (Wildman–Crippen MR) is 131 cm³/mol. The zero-order chi connectivity index (χ0) is 21.5. The van der Waals surface area contributed by atoms with Gasteiger partial charge in [0.05, 0.1) is 22.9 Å². The first-order chi connectivity index (χ1) is 15.2. The molecule has 1 atom stereocenters. The number of ether oxygens (including phenoxy) is 1. The van der Waals surface area contributed by atoms with E-state index in [1.54, 1.807) is 24.8 Å². The van der Waals surface area contributed by atoms with E-state index in [2.05, 4.69) is 56.5 Å². The summed E-state index contributed by atoms with van der Waals surface area (Å²) in [4.78, 5) is 9.93. The molecular weight excluding hydrogens is 426 g/mol. The van der Waals surface area contributed by atoms with Crippen LogP contribution >= 0.6 is 23.6 Å². The number of nitrogens with one attached hydrogen (secondary N) is 3. The summed E-state index contributed by atoms with van der Waals surface area (Å²) in [5, 5.41) is 3.79. The fourth-order valence-electron chi connectivity index (χ4n) is 3.28. The maximum absolute atomic E-state index is 5.48. The Bertz CT molecular complexity index is 1130. The van der Waals surface area contributed by atoms with Gasteiger partial charge in [-0.05, 0) is 35.8 Å². The lowest BCUT2D eigenvalue weighted by molar-refractivity contribution is 0.173. The number of benzene rings is 2. The summed E-state index contributed by atoms with van der Waals surface area (Å²) in [6.45, 7) is 0.541. The van der Waals surface area contributed by atoms with Gasteiger partial charge in [-0.15, -0.1) is 11.3 Å². The summed E-state index contributed by atoms with van der Waals surface area (Å²) in [6.07, 6.45) is 2.35. The number of aromatic nitrogens is 2. The van der Waals surface area contributed by atoms with Gasteiger partial charge in [-0.1, -0.05) is 60.7 Å². The van der Waals surface area contributed by atoms with E-state index in [1.807, 2.05) is 36.4 Å². The van der Waals surface area contributed by atoms with Crippen molar-refractivity contribution in [3.8, 4) is 10.4 Å². The van der Waals surface area contributed by atoms with Crippen LogP contribution in [0.5, 0.6) is 0 Å². The van der Waals surface area contributed by atoms with Gasteiger partial charge < -0.3 is 10.1 Å². The molecule has 0 radical (unpaired) electrons. The minimum absolute atomic E-state index is 0.0473. The Labute approximate surface area is 190 Å². The summed E-state index contributed by atoms with van der Waals surface area (Å²) >= 11 is 7.13. The number of hydrogen-bond acceptors (Lipinski definition) is 6. The maximum atomic E-state index is 5.48. The second-order valence-corrected chi connectivity index (χ2v) is 8.44. The van der Waals surface area contributed by atoms with Crippen molar-refractivity contribution in [3.63, 3.8) is 0 Å². The number of hydrogen-bond donors (Lipinski definition) is 3. The molecule has 6 nitrogen and oxygen atoms in total. The fraction of sp³-hybridized carbons (Fsp3) is 0.174. The van der Waals surface area contributed by atoms with E-state index in [-0.39, 0.29) is 6.04 Å². The predicted octanol–water partition coefficient (Wildman–Crippen LogP) is 4.41. The summed E-state index contributed by atoms with van der Waals surface area (Å²) in [5.41, 5.74) is 9.44. The van der Waals surface area contributed by atoms with Crippen LogP contribution in [0.3, 0.4) is 0 Å². The lowest BCUT2D eigenvalue weighted by Gasteiger charge is -2.20. The molecule has 0 spiro atoms. The zero-order valence-corrected chi connectivity index (χ0v) is 18.7. The number of anilines is 1. The highest BCUT2D eigenvalue weighted by atomic mass is 32.1. The average molecular weight is 450 g/mol. The molecule has 0 unspecified atom stereocenters. The molecule has 8 heteroatoms. The molecule has 4 aromatic rings. The number of thiocarbonyl (C=S) groups is 1. The molecule has 0 aliphatic heterocycles. The Hall–Kier alpha value is -3.07. The zero-order valence-electron chi connectivity index (χ0n) is 17.0. The van der Waals surface area contributed by atoms with Crippen LogP contribution < -0.4 is 16.2 Å².